The molecule has 0 aliphatic heterocycles. The first-order chi connectivity index (χ1) is 16.7. The predicted octanol–water partition coefficient (Wildman–Crippen LogP) is 5.37. The van der Waals surface area contributed by atoms with Crippen LogP contribution >= 0.6 is 0 Å². The lowest BCUT2D eigenvalue weighted by molar-refractivity contribution is -0.274. The zero-order valence-electron chi connectivity index (χ0n) is 18.4. The first kappa shape index (κ1) is 24.1. The summed E-state index contributed by atoms with van der Waals surface area (Å²) in [5, 5.41) is 12.0. The van der Waals surface area contributed by atoms with Gasteiger partial charge in [0.15, 0.2) is 0 Å². The first-order valence-corrected chi connectivity index (χ1v) is 10.9. The molecular formula is C26H22F3NO5. The highest BCUT2D eigenvalue weighted by Gasteiger charge is 2.31. The molecule has 0 radical (unpaired) electrons. The molecule has 3 aromatic carbocycles. The number of alkyl carbamates (subject to hydrolysis) is 1. The minimum atomic E-state index is -4.85. The molecule has 0 bridgehead atoms. The Kier molecular flexibility index (Phi) is 6.95. The molecule has 0 saturated heterocycles. The van der Waals surface area contributed by atoms with Crippen LogP contribution in [0.5, 0.6) is 5.75 Å². The molecule has 1 amide bonds. The van der Waals surface area contributed by atoms with Gasteiger partial charge in [-0.2, -0.15) is 0 Å². The van der Waals surface area contributed by atoms with Gasteiger partial charge in [-0.05, 0) is 46.4 Å². The lowest BCUT2D eigenvalue weighted by Crippen LogP contribution is -2.35. The van der Waals surface area contributed by atoms with Crippen molar-refractivity contribution in [3.63, 3.8) is 0 Å². The van der Waals surface area contributed by atoms with Crippen LogP contribution in [-0.4, -0.2) is 36.7 Å². The van der Waals surface area contributed by atoms with Crippen LogP contribution in [0.15, 0.2) is 72.8 Å². The van der Waals surface area contributed by atoms with Crippen LogP contribution in [0.2, 0.25) is 0 Å². The monoisotopic (exact) mass is 485 g/mol. The number of hydrogen-bond acceptors (Lipinski definition) is 4. The number of amides is 1. The summed E-state index contributed by atoms with van der Waals surface area (Å²) in [5.74, 6) is -2.86. The number of carboxylic acid groups (broad SMARTS) is 1. The Balaban J connectivity index is 1.35. The van der Waals surface area contributed by atoms with Crippen molar-refractivity contribution in [1.82, 2.24) is 5.32 Å². The zero-order valence-corrected chi connectivity index (χ0v) is 18.4. The fourth-order valence-corrected chi connectivity index (χ4v) is 4.26. The van der Waals surface area contributed by atoms with Crippen LogP contribution in [0.4, 0.5) is 18.0 Å². The number of aliphatic carboxylic acids is 1. The topological polar surface area (TPSA) is 84.9 Å². The maximum atomic E-state index is 12.4. The zero-order chi connectivity index (χ0) is 25.0. The largest absolute Gasteiger partial charge is 0.573 e. The predicted molar refractivity (Wildman–Crippen MR) is 121 cm³/mol. The van der Waals surface area contributed by atoms with E-state index in [9.17, 15) is 27.9 Å². The fourth-order valence-electron chi connectivity index (χ4n) is 4.26. The number of hydrogen-bond donors (Lipinski definition) is 2. The third-order valence-corrected chi connectivity index (χ3v) is 5.80. The number of alkyl halides is 3. The van der Waals surface area contributed by atoms with Gasteiger partial charge in [-0.1, -0.05) is 60.7 Å². The van der Waals surface area contributed by atoms with Crippen molar-refractivity contribution in [3.8, 4) is 16.9 Å². The molecule has 2 N–H and O–H groups in total. The van der Waals surface area contributed by atoms with Crippen LogP contribution in [0, 0.1) is 5.92 Å². The van der Waals surface area contributed by atoms with Gasteiger partial charge in [-0.25, -0.2) is 4.79 Å². The molecule has 182 valence electrons. The third-order valence-electron chi connectivity index (χ3n) is 5.80. The molecule has 35 heavy (non-hydrogen) atoms. The quantitative estimate of drug-likeness (QED) is 0.448. The maximum absolute atomic E-state index is 12.4. The van der Waals surface area contributed by atoms with E-state index in [1.54, 1.807) is 0 Å². The van der Waals surface area contributed by atoms with Crippen molar-refractivity contribution in [3.05, 3.63) is 89.5 Å². The van der Waals surface area contributed by atoms with E-state index < -0.39 is 30.1 Å². The van der Waals surface area contributed by atoms with E-state index in [1.807, 2.05) is 48.5 Å². The lowest BCUT2D eigenvalue weighted by Gasteiger charge is -2.17. The van der Waals surface area contributed by atoms with E-state index >= 15 is 0 Å². The minimum Gasteiger partial charge on any atom is -0.481 e. The Hall–Kier alpha value is -4.01. The second-order valence-corrected chi connectivity index (χ2v) is 8.14. The Morgan fingerprint density at radius 1 is 0.943 bits per heavy atom. The van der Waals surface area contributed by atoms with Crippen LogP contribution in [0.1, 0.15) is 22.6 Å². The highest BCUT2D eigenvalue weighted by atomic mass is 19.4. The van der Waals surface area contributed by atoms with Crippen LogP contribution < -0.4 is 10.1 Å². The molecule has 1 aliphatic carbocycles. The summed E-state index contributed by atoms with van der Waals surface area (Å²) in [6.07, 6.45) is -5.72. The van der Waals surface area contributed by atoms with E-state index in [2.05, 4.69) is 10.1 Å². The van der Waals surface area contributed by atoms with Crippen LogP contribution in [0.25, 0.3) is 11.1 Å². The maximum Gasteiger partial charge on any atom is 0.573 e. The standard InChI is InChI=1S/C26H22F3NO5/c27-26(28,29)35-18-7-5-6-16(13-18)12-17(24(31)32)14-30-25(33)34-15-23-21-10-3-1-8-19(21)20-9-2-4-11-22(20)23/h1-11,13,17,23H,12,14-15H2,(H,30,33)(H,31,32). The SMILES string of the molecule is O=C(NCC(Cc1cccc(OC(F)(F)F)c1)C(=O)O)OCC1c2ccccc2-c2ccccc21. The summed E-state index contributed by atoms with van der Waals surface area (Å²) in [7, 11) is 0. The Bertz CT molecular complexity index is 1180. The smallest absolute Gasteiger partial charge is 0.481 e. The van der Waals surface area contributed by atoms with Crippen molar-refractivity contribution in [1.29, 1.82) is 0 Å². The summed E-state index contributed by atoms with van der Waals surface area (Å²) in [6.45, 7) is -0.176. The van der Waals surface area contributed by atoms with Crippen molar-refractivity contribution in [2.45, 2.75) is 18.7 Å². The number of benzene rings is 3. The van der Waals surface area contributed by atoms with Gasteiger partial charge < -0.3 is 19.9 Å². The van der Waals surface area contributed by atoms with Gasteiger partial charge in [0, 0.05) is 12.5 Å². The summed E-state index contributed by atoms with van der Waals surface area (Å²) < 4.78 is 46.6. The highest BCUT2D eigenvalue weighted by molar-refractivity contribution is 5.79. The van der Waals surface area contributed by atoms with E-state index in [0.717, 1.165) is 34.4 Å². The van der Waals surface area contributed by atoms with Gasteiger partial charge in [0.05, 0.1) is 5.92 Å². The summed E-state index contributed by atoms with van der Waals surface area (Å²) in [6, 6.07) is 20.8. The normalized spacial score (nSPS) is 13.5. The number of rotatable bonds is 8. The van der Waals surface area contributed by atoms with Crippen LogP contribution in [-0.2, 0) is 16.0 Å². The highest BCUT2D eigenvalue weighted by Crippen LogP contribution is 2.44. The third kappa shape index (κ3) is 5.92. The minimum absolute atomic E-state index is 0.0778. The molecule has 4 rings (SSSR count). The average Bonchev–Trinajstić information content (AvgIpc) is 3.13. The van der Waals surface area contributed by atoms with E-state index in [0.29, 0.717) is 5.56 Å². The van der Waals surface area contributed by atoms with E-state index in [4.69, 9.17) is 4.74 Å². The number of nitrogens with one attached hydrogen (secondary N) is 1. The average molecular weight is 485 g/mol. The molecule has 6 nitrogen and oxygen atoms in total. The van der Waals surface area contributed by atoms with Gasteiger partial charge in [-0.15, -0.1) is 13.2 Å². The molecule has 1 aliphatic rings. The van der Waals surface area contributed by atoms with Crippen molar-refractivity contribution < 1.29 is 37.3 Å². The fraction of sp³-hybridized carbons (Fsp3) is 0.231. The summed E-state index contributed by atoms with van der Waals surface area (Å²) >= 11 is 0. The molecule has 0 heterocycles. The number of carbonyl (C=O) groups is 2. The molecule has 1 unspecified atom stereocenters. The van der Waals surface area contributed by atoms with Crippen molar-refractivity contribution in [2.75, 3.05) is 13.2 Å². The number of halogens is 3. The van der Waals surface area contributed by atoms with E-state index in [1.165, 1.54) is 12.1 Å². The van der Waals surface area contributed by atoms with E-state index in [-0.39, 0.29) is 25.5 Å². The summed E-state index contributed by atoms with van der Waals surface area (Å²) in [4.78, 5) is 24.0. The van der Waals surface area contributed by atoms with Gasteiger partial charge in [-0.3, -0.25) is 4.79 Å². The molecule has 3 aromatic rings. The first-order valence-electron chi connectivity index (χ1n) is 10.9. The molecular weight excluding hydrogens is 463 g/mol. The molecule has 0 aromatic heterocycles. The lowest BCUT2D eigenvalue weighted by atomic mass is 9.98. The number of carbonyl (C=O) groups excluding carboxylic acids is 1. The Morgan fingerprint density at radius 3 is 2.17 bits per heavy atom. The molecule has 0 fully saturated rings. The summed E-state index contributed by atoms with van der Waals surface area (Å²) in [5.41, 5.74) is 4.59. The van der Waals surface area contributed by atoms with Crippen molar-refractivity contribution in [2.24, 2.45) is 5.92 Å². The van der Waals surface area contributed by atoms with Gasteiger partial charge in [0.25, 0.3) is 0 Å². The molecule has 9 heteroatoms. The molecule has 0 saturated carbocycles. The van der Waals surface area contributed by atoms with Crippen LogP contribution in [0.3, 0.4) is 0 Å². The number of fused-ring (bicyclic) bond motifs is 3. The second kappa shape index (κ2) is 10.1. The number of carboxylic acids is 1. The van der Waals surface area contributed by atoms with Gasteiger partial charge >= 0.3 is 18.4 Å². The Labute approximate surface area is 199 Å². The Morgan fingerprint density at radius 2 is 1.57 bits per heavy atom. The molecule has 0 spiro atoms. The number of ether oxygens (including phenoxy) is 2. The second-order valence-electron chi connectivity index (χ2n) is 8.14. The van der Waals surface area contributed by atoms with Crippen molar-refractivity contribution >= 4 is 12.1 Å². The molecule has 1 atom stereocenters. The van der Waals surface area contributed by atoms with Gasteiger partial charge in [0.1, 0.15) is 12.4 Å². The van der Waals surface area contributed by atoms with Gasteiger partial charge in [0.2, 0.25) is 0 Å².